The highest BCUT2D eigenvalue weighted by molar-refractivity contribution is 6.02. The van der Waals surface area contributed by atoms with E-state index in [0.29, 0.717) is 12.4 Å². The van der Waals surface area contributed by atoms with Crippen molar-refractivity contribution < 1.29 is 4.79 Å². The van der Waals surface area contributed by atoms with E-state index in [1.807, 2.05) is 0 Å². The molecule has 0 spiro atoms. The molecule has 6 heteroatoms. The topological polar surface area (TPSA) is 72.7 Å². The van der Waals surface area contributed by atoms with Crippen molar-refractivity contribution in [1.82, 2.24) is 19.7 Å². The average molecular weight is 335 g/mol. The van der Waals surface area contributed by atoms with Crippen LogP contribution in [0.15, 0.2) is 55.1 Å². The molecule has 1 aromatic carbocycles. The van der Waals surface area contributed by atoms with Gasteiger partial charge in [-0.2, -0.15) is 5.10 Å². The number of hydrogen-bond acceptors (Lipinski definition) is 4. The van der Waals surface area contributed by atoms with E-state index in [4.69, 9.17) is 0 Å². The first-order valence-corrected chi connectivity index (χ1v) is 8.12. The number of carbonyl (C=O) groups excluding carboxylic acids is 1. The van der Waals surface area contributed by atoms with Gasteiger partial charge in [-0.15, -0.1) is 0 Å². The lowest BCUT2D eigenvalue weighted by molar-refractivity contribution is 0.102. The van der Waals surface area contributed by atoms with Gasteiger partial charge in [-0.1, -0.05) is 45.0 Å². The van der Waals surface area contributed by atoms with E-state index in [9.17, 15) is 4.79 Å². The number of carbonyl (C=O) groups is 1. The van der Waals surface area contributed by atoms with Crippen molar-refractivity contribution in [2.24, 2.45) is 0 Å². The molecule has 3 aromatic rings. The minimum absolute atomic E-state index is 0.125. The Bertz CT molecular complexity index is 848. The normalized spacial score (nSPS) is 11.3. The molecule has 1 amide bonds. The highest BCUT2D eigenvalue weighted by atomic mass is 16.2. The molecule has 0 atom stereocenters. The number of nitrogens with zero attached hydrogens (tertiary/aromatic N) is 4. The van der Waals surface area contributed by atoms with Gasteiger partial charge in [-0.05, 0) is 16.5 Å². The van der Waals surface area contributed by atoms with Gasteiger partial charge in [-0.3, -0.25) is 9.78 Å². The molecule has 0 saturated heterocycles. The fraction of sp³-hybridized carbons (Fsp3) is 0.263. The van der Waals surface area contributed by atoms with Crippen molar-refractivity contribution in [3.05, 3.63) is 71.9 Å². The molecule has 0 radical (unpaired) electrons. The van der Waals surface area contributed by atoms with E-state index < -0.39 is 0 Å². The fourth-order valence-corrected chi connectivity index (χ4v) is 2.44. The number of anilines is 1. The van der Waals surface area contributed by atoms with Crippen LogP contribution in [0.25, 0.3) is 0 Å². The average Bonchev–Trinajstić information content (AvgIpc) is 3.02. The van der Waals surface area contributed by atoms with Crippen molar-refractivity contribution in [2.75, 3.05) is 5.32 Å². The van der Waals surface area contributed by atoms with Crippen LogP contribution in [0, 0.1) is 0 Å². The molecule has 2 heterocycles. The van der Waals surface area contributed by atoms with Crippen LogP contribution < -0.4 is 5.32 Å². The maximum atomic E-state index is 12.2. The minimum Gasteiger partial charge on any atom is -0.305 e. The van der Waals surface area contributed by atoms with E-state index in [-0.39, 0.29) is 17.0 Å². The maximum absolute atomic E-state index is 12.2. The first kappa shape index (κ1) is 16.8. The summed E-state index contributed by atoms with van der Waals surface area (Å²) in [6, 6.07) is 10.2. The molecular weight excluding hydrogens is 314 g/mol. The summed E-state index contributed by atoms with van der Waals surface area (Å²) in [5.74, 6) is 0.313. The Morgan fingerprint density at radius 2 is 1.84 bits per heavy atom. The predicted molar refractivity (Wildman–Crippen MR) is 96.5 cm³/mol. The number of rotatable bonds is 4. The second kappa shape index (κ2) is 6.84. The number of benzene rings is 1. The van der Waals surface area contributed by atoms with Gasteiger partial charge < -0.3 is 5.32 Å². The number of aromatic nitrogens is 4. The highest BCUT2D eigenvalue weighted by Crippen LogP contribution is 2.22. The van der Waals surface area contributed by atoms with Crippen molar-refractivity contribution in [2.45, 2.75) is 32.7 Å². The molecule has 0 aliphatic rings. The molecule has 1 N–H and O–H groups in total. The number of nitrogens with one attached hydrogen (secondary N) is 1. The standard InChI is InChI=1S/C19H21N5O/c1-19(2,3)15-6-4-14(5-7-15)13-24-17(8-9-22-24)23-18(25)16-12-20-10-11-21-16/h4-12H,13H2,1-3H3,(H,23,25). The molecule has 2 aromatic heterocycles. The molecule has 0 saturated carbocycles. The summed E-state index contributed by atoms with van der Waals surface area (Å²) in [6.07, 6.45) is 6.11. The lowest BCUT2D eigenvalue weighted by atomic mass is 9.87. The number of amides is 1. The monoisotopic (exact) mass is 335 g/mol. The van der Waals surface area contributed by atoms with Gasteiger partial charge in [0.25, 0.3) is 5.91 Å². The van der Waals surface area contributed by atoms with Gasteiger partial charge in [0.2, 0.25) is 0 Å². The summed E-state index contributed by atoms with van der Waals surface area (Å²) in [4.78, 5) is 20.1. The van der Waals surface area contributed by atoms with E-state index >= 15 is 0 Å². The SMILES string of the molecule is CC(C)(C)c1ccc(Cn2nccc2NC(=O)c2cnccn2)cc1. The van der Waals surface area contributed by atoms with Gasteiger partial charge in [0.05, 0.1) is 18.9 Å². The Kier molecular flexibility index (Phi) is 4.61. The van der Waals surface area contributed by atoms with Crippen LogP contribution in [-0.4, -0.2) is 25.7 Å². The zero-order chi connectivity index (χ0) is 17.9. The zero-order valence-corrected chi connectivity index (χ0v) is 14.6. The third-order valence-electron chi connectivity index (χ3n) is 3.91. The quantitative estimate of drug-likeness (QED) is 0.794. The van der Waals surface area contributed by atoms with Crippen LogP contribution >= 0.6 is 0 Å². The molecule has 25 heavy (non-hydrogen) atoms. The largest absolute Gasteiger partial charge is 0.305 e. The van der Waals surface area contributed by atoms with Crippen molar-refractivity contribution in [1.29, 1.82) is 0 Å². The summed E-state index contributed by atoms with van der Waals surface area (Å²) in [5.41, 5.74) is 2.80. The van der Waals surface area contributed by atoms with E-state index in [1.165, 1.54) is 24.2 Å². The van der Waals surface area contributed by atoms with E-state index in [1.54, 1.807) is 16.9 Å². The van der Waals surface area contributed by atoms with Crippen LogP contribution in [0.2, 0.25) is 0 Å². The van der Waals surface area contributed by atoms with Crippen LogP contribution in [-0.2, 0) is 12.0 Å². The van der Waals surface area contributed by atoms with Crippen molar-refractivity contribution in [3.63, 3.8) is 0 Å². The maximum Gasteiger partial charge on any atom is 0.277 e. The Morgan fingerprint density at radius 3 is 2.48 bits per heavy atom. The molecule has 0 unspecified atom stereocenters. The van der Waals surface area contributed by atoms with Crippen LogP contribution in [0.5, 0.6) is 0 Å². The van der Waals surface area contributed by atoms with E-state index in [2.05, 4.69) is 65.4 Å². The van der Waals surface area contributed by atoms with Crippen LogP contribution in [0.3, 0.4) is 0 Å². The summed E-state index contributed by atoms with van der Waals surface area (Å²) < 4.78 is 1.75. The minimum atomic E-state index is -0.307. The van der Waals surface area contributed by atoms with Gasteiger partial charge >= 0.3 is 0 Å². The molecule has 0 aliphatic heterocycles. The molecular formula is C19H21N5O. The fourth-order valence-electron chi connectivity index (χ4n) is 2.44. The first-order valence-electron chi connectivity index (χ1n) is 8.12. The number of hydrogen-bond donors (Lipinski definition) is 1. The molecule has 0 aliphatic carbocycles. The lowest BCUT2D eigenvalue weighted by Crippen LogP contribution is -2.17. The van der Waals surface area contributed by atoms with Gasteiger partial charge in [0.15, 0.2) is 0 Å². The second-order valence-electron chi connectivity index (χ2n) is 6.87. The van der Waals surface area contributed by atoms with E-state index in [0.717, 1.165) is 5.56 Å². The van der Waals surface area contributed by atoms with Gasteiger partial charge in [0, 0.05) is 18.5 Å². The summed E-state index contributed by atoms with van der Waals surface area (Å²) in [6.45, 7) is 7.15. The second-order valence-corrected chi connectivity index (χ2v) is 6.87. The summed E-state index contributed by atoms with van der Waals surface area (Å²) in [5, 5.41) is 7.12. The molecule has 0 bridgehead atoms. The Balaban J connectivity index is 1.73. The zero-order valence-electron chi connectivity index (χ0n) is 14.6. The Hall–Kier alpha value is -3.02. The molecule has 128 valence electrons. The Morgan fingerprint density at radius 1 is 1.08 bits per heavy atom. The van der Waals surface area contributed by atoms with Crippen LogP contribution in [0.4, 0.5) is 5.82 Å². The van der Waals surface area contributed by atoms with Crippen molar-refractivity contribution in [3.8, 4) is 0 Å². The lowest BCUT2D eigenvalue weighted by Gasteiger charge is -2.19. The highest BCUT2D eigenvalue weighted by Gasteiger charge is 2.14. The van der Waals surface area contributed by atoms with Gasteiger partial charge in [-0.25, -0.2) is 9.67 Å². The van der Waals surface area contributed by atoms with Crippen molar-refractivity contribution >= 4 is 11.7 Å². The van der Waals surface area contributed by atoms with Crippen LogP contribution in [0.1, 0.15) is 42.4 Å². The Labute approximate surface area is 146 Å². The predicted octanol–water partition coefficient (Wildman–Crippen LogP) is 3.27. The smallest absolute Gasteiger partial charge is 0.277 e. The first-order chi connectivity index (χ1) is 11.9. The molecule has 3 rings (SSSR count). The molecule has 6 nitrogen and oxygen atoms in total. The summed E-state index contributed by atoms with van der Waals surface area (Å²) >= 11 is 0. The summed E-state index contributed by atoms with van der Waals surface area (Å²) in [7, 11) is 0. The van der Waals surface area contributed by atoms with Gasteiger partial charge in [0.1, 0.15) is 11.5 Å². The molecule has 0 fully saturated rings. The third kappa shape index (κ3) is 4.09. The third-order valence-corrected chi connectivity index (χ3v) is 3.91.